The van der Waals surface area contributed by atoms with E-state index < -0.39 is 10.0 Å². The van der Waals surface area contributed by atoms with Crippen molar-refractivity contribution in [1.29, 1.82) is 0 Å². The molecule has 1 heterocycles. The first kappa shape index (κ1) is 13.6. The fraction of sp³-hybridized carbons (Fsp3) is 0.500. The number of imidazole rings is 1. The van der Waals surface area contributed by atoms with Gasteiger partial charge in [0.25, 0.3) is 0 Å². The van der Waals surface area contributed by atoms with E-state index in [2.05, 4.69) is 16.6 Å². The summed E-state index contributed by atoms with van der Waals surface area (Å²) in [7, 11) is -3.20. The minimum absolute atomic E-state index is 0.0917. The predicted molar refractivity (Wildman–Crippen MR) is 78.8 cm³/mol. The standard InChI is InChI=1S/C14H19N3O2S/c1-11-8-12(11)9-16-20(18,19)7-6-17-10-15-13-4-2-3-5-14(13)17/h2-5,10-12,16H,6-9H2,1H3. The average Bonchev–Trinajstić information content (AvgIpc) is 2.98. The number of aromatic nitrogens is 2. The number of nitrogens with one attached hydrogen (secondary N) is 1. The average molecular weight is 293 g/mol. The number of nitrogens with zero attached hydrogens (tertiary/aromatic N) is 2. The summed E-state index contributed by atoms with van der Waals surface area (Å²) in [4.78, 5) is 4.26. The second-order valence-corrected chi connectivity index (χ2v) is 7.49. The smallest absolute Gasteiger partial charge is 0.213 e. The monoisotopic (exact) mass is 293 g/mol. The van der Waals surface area contributed by atoms with Gasteiger partial charge in [0, 0.05) is 13.1 Å². The maximum Gasteiger partial charge on any atom is 0.213 e. The number of hydrogen-bond donors (Lipinski definition) is 1. The second kappa shape index (κ2) is 5.18. The first-order valence-corrected chi connectivity index (χ1v) is 8.57. The number of rotatable bonds is 6. The van der Waals surface area contributed by atoms with Crippen molar-refractivity contribution in [3.63, 3.8) is 0 Å². The largest absolute Gasteiger partial charge is 0.330 e. The van der Waals surface area contributed by atoms with Crippen molar-refractivity contribution in [2.75, 3.05) is 12.3 Å². The molecule has 108 valence electrons. The minimum atomic E-state index is -3.20. The molecule has 0 spiro atoms. The number of benzene rings is 1. The summed E-state index contributed by atoms with van der Waals surface area (Å²) in [6.45, 7) is 3.15. The lowest BCUT2D eigenvalue weighted by Crippen LogP contribution is -2.30. The number of hydrogen-bond acceptors (Lipinski definition) is 3. The molecule has 2 unspecified atom stereocenters. The summed E-state index contributed by atoms with van der Waals surface area (Å²) >= 11 is 0. The zero-order valence-corrected chi connectivity index (χ0v) is 12.3. The molecule has 3 rings (SSSR count). The Morgan fingerprint density at radius 1 is 1.40 bits per heavy atom. The van der Waals surface area contributed by atoms with Crippen molar-refractivity contribution >= 4 is 21.1 Å². The van der Waals surface area contributed by atoms with Crippen LogP contribution in [0.1, 0.15) is 13.3 Å². The summed E-state index contributed by atoms with van der Waals surface area (Å²) in [6.07, 6.45) is 2.83. The van der Waals surface area contributed by atoms with E-state index in [0.717, 1.165) is 17.5 Å². The van der Waals surface area contributed by atoms with Crippen LogP contribution in [-0.4, -0.2) is 30.3 Å². The summed E-state index contributed by atoms with van der Waals surface area (Å²) in [6, 6.07) is 7.73. The molecule has 0 amide bonds. The van der Waals surface area contributed by atoms with Crippen LogP contribution in [-0.2, 0) is 16.6 Å². The van der Waals surface area contributed by atoms with Gasteiger partial charge in [-0.15, -0.1) is 0 Å². The number of sulfonamides is 1. The lowest BCUT2D eigenvalue weighted by atomic mass is 10.3. The zero-order chi connectivity index (χ0) is 14.2. The highest BCUT2D eigenvalue weighted by Crippen LogP contribution is 2.36. The van der Waals surface area contributed by atoms with Gasteiger partial charge in [-0.25, -0.2) is 18.1 Å². The van der Waals surface area contributed by atoms with Gasteiger partial charge >= 0.3 is 0 Å². The van der Waals surface area contributed by atoms with Crippen molar-refractivity contribution in [2.24, 2.45) is 11.8 Å². The van der Waals surface area contributed by atoms with Gasteiger partial charge in [0.15, 0.2) is 0 Å². The molecular weight excluding hydrogens is 274 g/mol. The number of fused-ring (bicyclic) bond motifs is 1. The zero-order valence-electron chi connectivity index (χ0n) is 11.5. The lowest BCUT2D eigenvalue weighted by Gasteiger charge is -2.07. The Kier molecular flexibility index (Phi) is 3.52. The van der Waals surface area contributed by atoms with Gasteiger partial charge in [0.2, 0.25) is 10.0 Å². The van der Waals surface area contributed by atoms with E-state index in [1.165, 1.54) is 0 Å². The molecule has 2 aromatic rings. The molecular formula is C14H19N3O2S. The molecule has 0 radical (unpaired) electrons. The van der Waals surface area contributed by atoms with Gasteiger partial charge < -0.3 is 4.57 Å². The third kappa shape index (κ3) is 3.02. The Morgan fingerprint density at radius 3 is 2.90 bits per heavy atom. The van der Waals surface area contributed by atoms with Crippen LogP contribution >= 0.6 is 0 Å². The topological polar surface area (TPSA) is 64.0 Å². The van der Waals surface area contributed by atoms with Crippen LogP contribution in [0.2, 0.25) is 0 Å². The molecule has 1 aliphatic rings. The highest BCUT2D eigenvalue weighted by Gasteiger charge is 2.33. The van der Waals surface area contributed by atoms with Crippen LogP contribution in [0.15, 0.2) is 30.6 Å². The van der Waals surface area contributed by atoms with E-state index in [-0.39, 0.29) is 5.75 Å². The predicted octanol–water partition coefficient (Wildman–Crippen LogP) is 1.61. The Bertz CT molecular complexity index is 708. The van der Waals surface area contributed by atoms with Crippen LogP contribution in [0.25, 0.3) is 11.0 Å². The molecule has 1 N–H and O–H groups in total. The molecule has 1 fully saturated rings. The van der Waals surface area contributed by atoms with Crippen molar-refractivity contribution in [2.45, 2.75) is 19.9 Å². The summed E-state index contributed by atoms with van der Waals surface area (Å²) in [5, 5.41) is 0. The lowest BCUT2D eigenvalue weighted by molar-refractivity contribution is 0.569. The second-order valence-electron chi connectivity index (χ2n) is 5.57. The van der Waals surface area contributed by atoms with Gasteiger partial charge in [-0.2, -0.15) is 0 Å². The van der Waals surface area contributed by atoms with Crippen LogP contribution in [0.5, 0.6) is 0 Å². The molecule has 0 bridgehead atoms. The maximum atomic E-state index is 12.0. The normalized spacial score (nSPS) is 22.2. The maximum absolute atomic E-state index is 12.0. The summed E-state index contributed by atoms with van der Waals surface area (Å²) in [5.41, 5.74) is 1.86. The molecule has 6 heteroatoms. The Hall–Kier alpha value is -1.40. The fourth-order valence-electron chi connectivity index (χ4n) is 2.40. The Labute approximate surface area is 119 Å². The van der Waals surface area contributed by atoms with Crippen molar-refractivity contribution in [1.82, 2.24) is 14.3 Å². The highest BCUT2D eigenvalue weighted by atomic mass is 32.2. The third-order valence-corrected chi connectivity index (χ3v) is 5.30. The molecule has 1 aromatic heterocycles. The molecule has 0 aliphatic heterocycles. The van der Waals surface area contributed by atoms with Crippen LogP contribution in [0.3, 0.4) is 0 Å². The first-order chi connectivity index (χ1) is 9.55. The van der Waals surface area contributed by atoms with Gasteiger partial charge in [-0.05, 0) is 30.4 Å². The summed E-state index contributed by atoms with van der Waals surface area (Å²) in [5.74, 6) is 1.28. The summed E-state index contributed by atoms with van der Waals surface area (Å²) < 4.78 is 28.5. The van der Waals surface area contributed by atoms with Crippen molar-refractivity contribution in [3.05, 3.63) is 30.6 Å². The van der Waals surface area contributed by atoms with Gasteiger partial charge in [-0.1, -0.05) is 19.1 Å². The van der Waals surface area contributed by atoms with Crippen molar-refractivity contribution < 1.29 is 8.42 Å². The Morgan fingerprint density at radius 2 is 2.15 bits per heavy atom. The molecule has 2 atom stereocenters. The molecule has 1 aliphatic carbocycles. The van der Waals surface area contributed by atoms with Gasteiger partial charge in [0.05, 0.1) is 23.1 Å². The van der Waals surface area contributed by atoms with E-state index in [1.807, 2.05) is 28.8 Å². The quantitative estimate of drug-likeness (QED) is 0.880. The van der Waals surface area contributed by atoms with Gasteiger partial charge in [-0.3, -0.25) is 0 Å². The molecule has 5 nitrogen and oxygen atoms in total. The van der Waals surface area contributed by atoms with Crippen molar-refractivity contribution in [3.8, 4) is 0 Å². The number of aryl methyl sites for hydroxylation is 1. The molecule has 1 aromatic carbocycles. The van der Waals surface area contributed by atoms with E-state index in [4.69, 9.17) is 0 Å². The van der Waals surface area contributed by atoms with E-state index >= 15 is 0 Å². The Balaban J connectivity index is 1.60. The third-order valence-electron chi connectivity index (χ3n) is 3.97. The fourth-order valence-corrected chi connectivity index (χ4v) is 3.45. The van der Waals surface area contributed by atoms with E-state index in [9.17, 15) is 8.42 Å². The first-order valence-electron chi connectivity index (χ1n) is 6.92. The van der Waals surface area contributed by atoms with Crippen LogP contribution < -0.4 is 4.72 Å². The molecule has 0 saturated heterocycles. The number of para-hydroxylation sites is 2. The van der Waals surface area contributed by atoms with Crippen LogP contribution in [0.4, 0.5) is 0 Å². The van der Waals surface area contributed by atoms with E-state index in [1.54, 1.807) is 6.33 Å². The van der Waals surface area contributed by atoms with Gasteiger partial charge in [0.1, 0.15) is 0 Å². The molecule has 20 heavy (non-hydrogen) atoms. The van der Waals surface area contributed by atoms with E-state index in [0.29, 0.717) is 24.9 Å². The molecule has 1 saturated carbocycles. The highest BCUT2D eigenvalue weighted by molar-refractivity contribution is 7.89. The minimum Gasteiger partial charge on any atom is -0.330 e. The SMILES string of the molecule is CC1CC1CNS(=O)(=O)CCn1cnc2ccccc21. The van der Waals surface area contributed by atoms with Crippen LogP contribution in [0, 0.1) is 11.8 Å².